The molecule has 4 heteroatoms. The van der Waals surface area contributed by atoms with E-state index in [-0.39, 0.29) is 5.56 Å². The first kappa shape index (κ1) is 12.0. The van der Waals surface area contributed by atoms with Gasteiger partial charge in [-0.3, -0.25) is 4.79 Å². The van der Waals surface area contributed by atoms with E-state index in [1.807, 2.05) is 38.1 Å². The molecule has 0 amide bonds. The summed E-state index contributed by atoms with van der Waals surface area (Å²) in [5.74, 6) is 0.633. The van der Waals surface area contributed by atoms with Crippen molar-refractivity contribution in [2.45, 2.75) is 20.3 Å². The van der Waals surface area contributed by atoms with Crippen molar-refractivity contribution in [3.63, 3.8) is 0 Å². The van der Waals surface area contributed by atoms with Gasteiger partial charge >= 0.3 is 0 Å². The van der Waals surface area contributed by atoms with Gasteiger partial charge in [0, 0.05) is 5.56 Å². The van der Waals surface area contributed by atoms with Gasteiger partial charge in [-0.25, -0.2) is 4.98 Å². The monoisotopic (exact) mass is 292 g/mol. The number of aromatic nitrogens is 2. The van der Waals surface area contributed by atoms with Gasteiger partial charge in [-0.1, -0.05) is 31.2 Å². The van der Waals surface area contributed by atoms with E-state index >= 15 is 0 Å². The molecule has 0 radical (unpaired) electrons. The number of benzene rings is 1. The van der Waals surface area contributed by atoms with Crippen LogP contribution in [0.2, 0.25) is 0 Å². The van der Waals surface area contributed by atoms with Crippen LogP contribution in [0.4, 0.5) is 0 Å². The maximum absolute atomic E-state index is 11.8. The molecule has 17 heavy (non-hydrogen) atoms. The zero-order chi connectivity index (χ0) is 12.4. The van der Waals surface area contributed by atoms with Crippen molar-refractivity contribution in [3.8, 4) is 11.4 Å². The number of hydrogen-bond acceptors (Lipinski definition) is 2. The molecule has 2 aromatic rings. The van der Waals surface area contributed by atoms with E-state index in [2.05, 4.69) is 25.9 Å². The highest BCUT2D eigenvalue weighted by atomic mass is 79.9. The fourth-order valence-electron chi connectivity index (χ4n) is 1.71. The molecule has 0 aliphatic carbocycles. The minimum Gasteiger partial charge on any atom is -0.306 e. The summed E-state index contributed by atoms with van der Waals surface area (Å²) < 4.78 is 0.525. The van der Waals surface area contributed by atoms with Crippen LogP contribution in [0.5, 0.6) is 0 Å². The molecule has 0 saturated heterocycles. The van der Waals surface area contributed by atoms with Crippen molar-refractivity contribution < 1.29 is 0 Å². The molecule has 1 heterocycles. The molecular formula is C13H13BrN2O. The molecular weight excluding hydrogens is 280 g/mol. The third-order valence-corrected chi connectivity index (χ3v) is 3.48. The highest BCUT2D eigenvalue weighted by molar-refractivity contribution is 9.10. The van der Waals surface area contributed by atoms with E-state index in [1.54, 1.807) is 0 Å². The Kier molecular flexibility index (Phi) is 3.43. The molecule has 1 aromatic carbocycles. The molecule has 0 aliphatic rings. The average molecular weight is 293 g/mol. The molecule has 0 bridgehead atoms. The second-order valence-electron chi connectivity index (χ2n) is 3.84. The number of nitrogens with one attached hydrogen (secondary N) is 1. The summed E-state index contributed by atoms with van der Waals surface area (Å²) in [5.41, 5.74) is 2.72. The highest BCUT2D eigenvalue weighted by Gasteiger charge is 2.09. The van der Waals surface area contributed by atoms with Crippen molar-refractivity contribution in [3.05, 3.63) is 50.3 Å². The number of nitrogens with zero attached hydrogens (tertiary/aromatic N) is 1. The Bertz CT molecular complexity index is 605. The first-order valence-electron chi connectivity index (χ1n) is 5.48. The molecule has 0 atom stereocenters. The Balaban J connectivity index is 2.66. The number of rotatable bonds is 2. The number of aryl methyl sites for hydroxylation is 2. The van der Waals surface area contributed by atoms with Crippen LogP contribution in [0.1, 0.15) is 18.2 Å². The van der Waals surface area contributed by atoms with Gasteiger partial charge in [0.1, 0.15) is 10.3 Å². The SMILES string of the molecule is CCc1nc(-c2ccccc2C)[nH]c(=O)c1Br. The Morgan fingerprint density at radius 2 is 2.06 bits per heavy atom. The van der Waals surface area contributed by atoms with Crippen molar-refractivity contribution >= 4 is 15.9 Å². The lowest BCUT2D eigenvalue weighted by Gasteiger charge is -2.07. The van der Waals surface area contributed by atoms with E-state index in [9.17, 15) is 4.79 Å². The summed E-state index contributed by atoms with van der Waals surface area (Å²) in [5, 5.41) is 0. The molecule has 0 unspecified atom stereocenters. The maximum Gasteiger partial charge on any atom is 0.265 e. The lowest BCUT2D eigenvalue weighted by atomic mass is 10.1. The molecule has 2 rings (SSSR count). The number of halogens is 1. The zero-order valence-corrected chi connectivity index (χ0v) is 11.3. The number of H-pyrrole nitrogens is 1. The Labute approximate surface area is 108 Å². The lowest BCUT2D eigenvalue weighted by molar-refractivity contribution is 0.969. The normalized spacial score (nSPS) is 10.5. The lowest BCUT2D eigenvalue weighted by Crippen LogP contribution is -2.13. The van der Waals surface area contributed by atoms with E-state index in [1.165, 1.54) is 0 Å². The van der Waals surface area contributed by atoms with E-state index in [0.29, 0.717) is 10.3 Å². The predicted octanol–water partition coefficient (Wildman–Crippen LogP) is 3.07. The predicted molar refractivity (Wildman–Crippen MR) is 72.1 cm³/mol. The number of hydrogen-bond donors (Lipinski definition) is 1. The first-order valence-corrected chi connectivity index (χ1v) is 6.27. The fourth-order valence-corrected chi connectivity index (χ4v) is 2.17. The molecule has 0 aliphatic heterocycles. The van der Waals surface area contributed by atoms with Crippen LogP contribution < -0.4 is 5.56 Å². The maximum atomic E-state index is 11.8. The molecule has 1 aromatic heterocycles. The largest absolute Gasteiger partial charge is 0.306 e. The summed E-state index contributed by atoms with van der Waals surface area (Å²) in [6.45, 7) is 3.98. The fraction of sp³-hybridized carbons (Fsp3) is 0.231. The highest BCUT2D eigenvalue weighted by Crippen LogP contribution is 2.20. The van der Waals surface area contributed by atoms with Crippen molar-refractivity contribution in [1.82, 2.24) is 9.97 Å². The van der Waals surface area contributed by atoms with E-state index in [4.69, 9.17) is 0 Å². The van der Waals surface area contributed by atoms with Gasteiger partial charge in [-0.15, -0.1) is 0 Å². The van der Waals surface area contributed by atoms with Gasteiger partial charge in [0.05, 0.1) is 5.69 Å². The van der Waals surface area contributed by atoms with Crippen LogP contribution in [-0.4, -0.2) is 9.97 Å². The molecule has 3 nitrogen and oxygen atoms in total. The first-order chi connectivity index (χ1) is 8.13. The second-order valence-corrected chi connectivity index (χ2v) is 4.64. The van der Waals surface area contributed by atoms with Crippen molar-refractivity contribution in [2.24, 2.45) is 0 Å². The van der Waals surface area contributed by atoms with Gasteiger partial charge < -0.3 is 4.98 Å². The van der Waals surface area contributed by atoms with Gasteiger partial charge in [0.15, 0.2) is 0 Å². The smallest absolute Gasteiger partial charge is 0.265 e. The molecule has 88 valence electrons. The van der Waals surface area contributed by atoms with Crippen LogP contribution in [0.3, 0.4) is 0 Å². The van der Waals surface area contributed by atoms with Crippen LogP contribution in [0.25, 0.3) is 11.4 Å². The third-order valence-electron chi connectivity index (χ3n) is 2.67. The average Bonchev–Trinajstić information content (AvgIpc) is 2.33. The Hall–Kier alpha value is -1.42. The summed E-state index contributed by atoms with van der Waals surface area (Å²) in [6, 6.07) is 7.87. The van der Waals surface area contributed by atoms with Gasteiger partial charge in [-0.2, -0.15) is 0 Å². The Morgan fingerprint density at radius 3 is 2.71 bits per heavy atom. The van der Waals surface area contributed by atoms with E-state index in [0.717, 1.165) is 23.2 Å². The van der Waals surface area contributed by atoms with E-state index < -0.39 is 0 Å². The molecule has 0 spiro atoms. The molecule has 0 saturated carbocycles. The molecule has 0 fully saturated rings. The Morgan fingerprint density at radius 1 is 1.35 bits per heavy atom. The second kappa shape index (κ2) is 4.84. The van der Waals surface area contributed by atoms with Crippen LogP contribution >= 0.6 is 15.9 Å². The quantitative estimate of drug-likeness (QED) is 0.925. The van der Waals surface area contributed by atoms with Gasteiger partial charge in [-0.05, 0) is 34.8 Å². The van der Waals surface area contributed by atoms with Crippen molar-refractivity contribution in [2.75, 3.05) is 0 Å². The minimum absolute atomic E-state index is 0.130. The standard InChI is InChI=1S/C13H13BrN2O/c1-3-10-11(14)13(17)16-12(15-10)9-7-5-4-6-8(9)2/h4-7H,3H2,1-2H3,(H,15,16,17). The molecule has 1 N–H and O–H groups in total. The zero-order valence-electron chi connectivity index (χ0n) is 9.75. The summed E-state index contributed by atoms with van der Waals surface area (Å²) in [6.07, 6.45) is 0.726. The van der Waals surface area contributed by atoms with Crippen LogP contribution in [0, 0.1) is 6.92 Å². The summed E-state index contributed by atoms with van der Waals surface area (Å²) in [7, 11) is 0. The number of aromatic amines is 1. The van der Waals surface area contributed by atoms with Gasteiger partial charge in [0.2, 0.25) is 0 Å². The minimum atomic E-state index is -0.130. The van der Waals surface area contributed by atoms with Gasteiger partial charge in [0.25, 0.3) is 5.56 Å². The summed E-state index contributed by atoms with van der Waals surface area (Å²) >= 11 is 3.26. The summed E-state index contributed by atoms with van der Waals surface area (Å²) in [4.78, 5) is 19.0. The van der Waals surface area contributed by atoms with Crippen LogP contribution in [0.15, 0.2) is 33.5 Å². The van der Waals surface area contributed by atoms with Crippen molar-refractivity contribution in [1.29, 1.82) is 0 Å². The van der Waals surface area contributed by atoms with Crippen LogP contribution in [-0.2, 0) is 6.42 Å². The third kappa shape index (κ3) is 2.31. The topological polar surface area (TPSA) is 45.8 Å².